The molecule has 0 aliphatic heterocycles. The van der Waals surface area contributed by atoms with Crippen molar-refractivity contribution < 1.29 is 0 Å². The molecule has 0 fully saturated rings. The Morgan fingerprint density at radius 3 is 1.38 bits per heavy atom. The van der Waals surface area contributed by atoms with Crippen LogP contribution >= 0.6 is 0 Å². The van der Waals surface area contributed by atoms with Crippen molar-refractivity contribution in [2.24, 2.45) is 0 Å². The van der Waals surface area contributed by atoms with Crippen LogP contribution < -0.4 is 5.19 Å². The zero-order valence-corrected chi connectivity index (χ0v) is 18.5. The van der Waals surface area contributed by atoms with Gasteiger partial charge < -0.3 is 0 Å². The van der Waals surface area contributed by atoms with Crippen LogP contribution in [-0.4, -0.2) is 8.07 Å². The van der Waals surface area contributed by atoms with Crippen molar-refractivity contribution in [1.29, 1.82) is 0 Å². The van der Waals surface area contributed by atoms with Crippen LogP contribution in [-0.2, 0) is 0 Å². The van der Waals surface area contributed by atoms with Crippen molar-refractivity contribution in [3.05, 3.63) is 52.6 Å². The maximum absolute atomic E-state index is 2.49. The van der Waals surface area contributed by atoms with E-state index in [0.717, 1.165) is 0 Å². The van der Waals surface area contributed by atoms with Crippen LogP contribution in [0.25, 0.3) is 0 Å². The first kappa shape index (κ1) is 19.2. The summed E-state index contributed by atoms with van der Waals surface area (Å²) in [5.41, 5.74) is 6.88. The molecule has 24 heavy (non-hydrogen) atoms. The monoisotopic (exact) mass is 340 g/mol. The van der Waals surface area contributed by atoms with Gasteiger partial charge in [-0.25, -0.2) is 0 Å². The van der Waals surface area contributed by atoms with Crippen molar-refractivity contribution in [1.82, 2.24) is 0 Å². The van der Waals surface area contributed by atoms with Crippen molar-refractivity contribution in [3.63, 3.8) is 0 Å². The van der Waals surface area contributed by atoms with E-state index in [0.29, 0.717) is 5.54 Å². The summed E-state index contributed by atoms with van der Waals surface area (Å²) >= 11 is 0. The van der Waals surface area contributed by atoms with Gasteiger partial charge in [-0.15, -0.1) is 0 Å². The highest BCUT2D eigenvalue weighted by Crippen LogP contribution is 2.62. The van der Waals surface area contributed by atoms with E-state index in [1.807, 2.05) is 0 Å². The van der Waals surface area contributed by atoms with Gasteiger partial charge >= 0.3 is 0 Å². The molecule has 1 aromatic carbocycles. The van der Waals surface area contributed by atoms with Crippen molar-refractivity contribution in [2.75, 3.05) is 0 Å². The summed E-state index contributed by atoms with van der Waals surface area (Å²) in [6.07, 6.45) is 0. The fourth-order valence-electron chi connectivity index (χ4n) is 5.72. The molecule has 0 spiro atoms. The lowest BCUT2D eigenvalue weighted by Crippen LogP contribution is -2.64. The average Bonchev–Trinajstić information content (AvgIpc) is 2.64. The number of benzene rings is 1. The van der Waals surface area contributed by atoms with Gasteiger partial charge in [-0.05, 0) is 48.9 Å². The maximum Gasteiger partial charge on any atom is 0.108 e. The second-order valence-electron chi connectivity index (χ2n) is 9.72. The summed E-state index contributed by atoms with van der Waals surface area (Å²) in [5.74, 6) is 0. The molecule has 0 aromatic heterocycles. The fourth-order valence-corrected chi connectivity index (χ4v) is 14.2. The average molecular weight is 341 g/mol. The van der Waals surface area contributed by atoms with Crippen LogP contribution in [0.3, 0.4) is 0 Å². The third kappa shape index (κ3) is 2.56. The van der Waals surface area contributed by atoms with E-state index in [-0.39, 0.29) is 10.1 Å². The Morgan fingerprint density at radius 2 is 1.04 bits per heavy atom. The lowest BCUT2D eigenvalue weighted by molar-refractivity contribution is 0.608. The molecule has 132 valence electrons. The van der Waals surface area contributed by atoms with E-state index >= 15 is 0 Å². The second kappa shape index (κ2) is 6.02. The highest BCUT2D eigenvalue weighted by atomic mass is 28.3. The molecule has 0 bridgehead atoms. The molecule has 1 aromatic rings. The van der Waals surface area contributed by atoms with Crippen molar-refractivity contribution >= 4 is 13.3 Å². The van der Waals surface area contributed by atoms with Crippen LogP contribution in [0, 0.1) is 0 Å². The summed E-state index contributed by atoms with van der Waals surface area (Å²) in [6, 6.07) is 11.5. The quantitative estimate of drug-likeness (QED) is 0.508. The van der Waals surface area contributed by atoms with Gasteiger partial charge in [0.1, 0.15) is 8.07 Å². The standard InChI is InChI=1S/C23H36Si/c1-16-17(2)19(4)21(18(16)3)24(22(5,6)7,23(8,9)10)20-14-12-11-13-15-20/h11-15,21H,1-10H3. The van der Waals surface area contributed by atoms with Gasteiger partial charge in [0.05, 0.1) is 0 Å². The lowest BCUT2D eigenvalue weighted by atomic mass is 10.1. The Balaban J connectivity index is 2.94. The van der Waals surface area contributed by atoms with Crippen LogP contribution in [0.2, 0.25) is 15.6 Å². The Morgan fingerprint density at radius 1 is 0.667 bits per heavy atom. The highest BCUT2D eigenvalue weighted by molar-refractivity contribution is 6.98. The molecular formula is C23H36Si. The molecule has 1 aliphatic rings. The van der Waals surface area contributed by atoms with Crippen molar-refractivity contribution in [2.45, 2.75) is 84.9 Å². The van der Waals surface area contributed by atoms with E-state index in [1.54, 1.807) is 16.3 Å². The Hall–Kier alpha value is -1.08. The summed E-state index contributed by atoms with van der Waals surface area (Å²) in [7, 11) is -1.97. The van der Waals surface area contributed by atoms with Gasteiger partial charge in [-0.2, -0.15) is 0 Å². The molecule has 0 radical (unpaired) electrons. The van der Waals surface area contributed by atoms with Gasteiger partial charge in [0, 0.05) is 5.54 Å². The third-order valence-electron chi connectivity index (χ3n) is 6.64. The van der Waals surface area contributed by atoms with E-state index in [2.05, 4.69) is 99.6 Å². The number of allylic oxidation sites excluding steroid dienone is 4. The van der Waals surface area contributed by atoms with Crippen molar-refractivity contribution in [3.8, 4) is 0 Å². The number of hydrogen-bond acceptors (Lipinski definition) is 0. The fraction of sp³-hybridized carbons (Fsp3) is 0.565. The molecule has 0 nitrogen and oxygen atoms in total. The molecular weight excluding hydrogens is 304 g/mol. The minimum atomic E-state index is -1.97. The number of hydrogen-bond donors (Lipinski definition) is 0. The Kier molecular flexibility index (Phi) is 4.83. The predicted octanol–water partition coefficient (Wildman–Crippen LogP) is 7.00. The van der Waals surface area contributed by atoms with E-state index in [1.165, 1.54) is 11.1 Å². The van der Waals surface area contributed by atoms with Gasteiger partial charge in [0.15, 0.2) is 0 Å². The number of rotatable bonds is 2. The molecule has 1 heteroatoms. The molecule has 0 amide bonds. The smallest absolute Gasteiger partial charge is 0.0653 e. The Bertz CT molecular complexity index is 637. The normalized spacial score (nSPS) is 17.9. The third-order valence-corrected chi connectivity index (χ3v) is 14.3. The zero-order valence-electron chi connectivity index (χ0n) is 17.5. The Labute approximate surface area is 151 Å². The zero-order chi connectivity index (χ0) is 18.5. The van der Waals surface area contributed by atoms with Crippen LogP contribution in [0.4, 0.5) is 0 Å². The van der Waals surface area contributed by atoms with Gasteiger partial charge in [-0.1, -0.05) is 88.2 Å². The minimum absolute atomic E-state index is 0.269. The van der Waals surface area contributed by atoms with E-state index in [9.17, 15) is 0 Å². The summed E-state index contributed by atoms with van der Waals surface area (Å²) in [5, 5.41) is 2.14. The van der Waals surface area contributed by atoms with Gasteiger partial charge in [0.25, 0.3) is 0 Å². The first-order chi connectivity index (χ1) is 10.9. The predicted molar refractivity (Wildman–Crippen MR) is 112 cm³/mol. The van der Waals surface area contributed by atoms with Crippen LogP contribution in [0.5, 0.6) is 0 Å². The first-order valence-electron chi connectivity index (χ1n) is 9.28. The molecule has 1 aliphatic carbocycles. The maximum atomic E-state index is 2.49. The summed E-state index contributed by atoms with van der Waals surface area (Å²) in [4.78, 5) is 0. The molecule has 0 saturated carbocycles. The van der Waals surface area contributed by atoms with Gasteiger partial charge in [0.2, 0.25) is 0 Å². The summed E-state index contributed by atoms with van der Waals surface area (Å²) < 4.78 is 0. The van der Waals surface area contributed by atoms with Crippen LogP contribution in [0.15, 0.2) is 52.6 Å². The topological polar surface area (TPSA) is 0 Å². The molecule has 0 saturated heterocycles. The molecule has 0 N–H and O–H groups in total. The minimum Gasteiger partial charge on any atom is -0.0653 e. The lowest BCUT2D eigenvalue weighted by Gasteiger charge is -2.57. The largest absolute Gasteiger partial charge is 0.108 e. The van der Waals surface area contributed by atoms with Crippen LogP contribution in [0.1, 0.15) is 69.2 Å². The summed E-state index contributed by atoms with van der Waals surface area (Å²) in [6.45, 7) is 24.4. The van der Waals surface area contributed by atoms with Gasteiger partial charge in [-0.3, -0.25) is 0 Å². The SMILES string of the molecule is CC1=C(C)C([Si](c2ccccc2)(C(C)(C)C)C(C)(C)C)C(C)=C1C. The molecule has 0 heterocycles. The highest BCUT2D eigenvalue weighted by Gasteiger charge is 2.60. The molecule has 2 rings (SSSR count). The second-order valence-corrected chi connectivity index (χ2v) is 15.5. The molecule has 0 unspecified atom stereocenters. The van der Waals surface area contributed by atoms with E-state index in [4.69, 9.17) is 0 Å². The molecule has 0 atom stereocenters. The van der Waals surface area contributed by atoms with E-state index < -0.39 is 8.07 Å². The first-order valence-corrected chi connectivity index (χ1v) is 11.4.